The molecule has 2 heterocycles. The maximum atomic E-state index is 4.11. The molecule has 1 radical (unpaired) electrons. The van der Waals surface area contributed by atoms with Crippen LogP contribution in [0.15, 0.2) is 18.5 Å². The average Bonchev–Trinajstić information content (AvgIpc) is 2.36. The summed E-state index contributed by atoms with van der Waals surface area (Å²) < 4.78 is 1.84. The summed E-state index contributed by atoms with van der Waals surface area (Å²) in [6.07, 6.45) is 3.80. The number of hydrogen-bond acceptors (Lipinski definition) is 1. The van der Waals surface area contributed by atoms with E-state index in [1.807, 2.05) is 16.8 Å². The molecule has 2 aromatic rings. The van der Waals surface area contributed by atoms with Crippen LogP contribution in [0.25, 0.3) is 5.52 Å². The van der Waals surface area contributed by atoms with Gasteiger partial charge in [0.15, 0.2) is 0 Å². The third-order valence-corrected chi connectivity index (χ3v) is 1.89. The van der Waals surface area contributed by atoms with Crippen LogP contribution < -0.4 is 0 Å². The van der Waals surface area contributed by atoms with Crippen molar-refractivity contribution in [1.29, 1.82) is 0 Å². The lowest BCUT2D eigenvalue weighted by atomic mass is 10.2. The molecule has 0 aromatic carbocycles. The number of pyridine rings is 1. The van der Waals surface area contributed by atoms with E-state index in [2.05, 4.69) is 25.0 Å². The lowest BCUT2D eigenvalue weighted by molar-refractivity contribution is 0.945. The van der Waals surface area contributed by atoms with Crippen molar-refractivity contribution in [2.24, 2.45) is 0 Å². The summed E-state index contributed by atoms with van der Waals surface area (Å²) >= 11 is 0. The van der Waals surface area contributed by atoms with Gasteiger partial charge >= 0.3 is 0 Å². The van der Waals surface area contributed by atoms with Gasteiger partial charge in [0, 0.05) is 18.5 Å². The summed E-state index contributed by atoms with van der Waals surface area (Å²) in [6.45, 7) is 4.12. The van der Waals surface area contributed by atoms with E-state index in [4.69, 9.17) is 0 Å². The molecule has 11 heavy (non-hydrogen) atoms. The lowest BCUT2D eigenvalue weighted by Crippen LogP contribution is -1.90. The highest BCUT2D eigenvalue weighted by Crippen LogP contribution is 2.08. The zero-order chi connectivity index (χ0) is 7.84. The van der Waals surface area contributed by atoms with Gasteiger partial charge in [-0.25, -0.2) is 4.52 Å². The van der Waals surface area contributed by atoms with E-state index < -0.39 is 0 Å². The Morgan fingerprint density at radius 3 is 3.09 bits per heavy atom. The Bertz CT molecular complexity index is 351. The van der Waals surface area contributed by atoms with Gasteiger partial charge in [0.05, 0.1) is 5.52 Å². The molecule has 0 aliphatic heterocycles. The van der Waals surface area contributed by atoms with Crippen LogP contribution in [0, 0.1) is 19.9 Å². The Hall–Kier alpha value is -1.31. The molecule has 0 atom stereocenters. The van der Waals surface area contributed by atoms with Crippen molar-refractivity contribution < 1.29 is 0 Å². The largest absolute Gasteiger partial charge is 0.240 e. The second-order valence-corrected chi connectivity index (χ2v) is 2.72. The van der Waals surface area contributed by atoms with E-state index in [0.29, 0.717) is 0 Å². The van der Waals surface area contributed by atoms with Crippen molar-refractivity contribution >= 4 is 5.52 Å². The molecule has 2 nitrogen and oxygen atoms in total. The van der Waals surface area contributed by atoms with Crippen molar-refractivity contribution in [3.8, 4) is 0 Å². The Balaban J connectivity index is 2.86. The zero-order valence-corrected chi connectivity index (χ0v) is 6.63. The molecule has 0 fully saturated rings. The number of fused-ring (bicyclic) bond motifs is 1. The first-order chi connectivity index (χ1) is 5.27. The minimum atomic E-state index is 1.04. The third-order valence-electron chi connectivity index (χ3n) is 1.89. The highest BCUT2D eigenvalue weighted by Gasteiger charge is 1.96. The highest BCUT2D eigenvalue weighted by molar-refractivity contribution is 5.47. The number of hydrogen-bond donors (Lipinski definition) is 0. The number of aromatic nitrogens is 2. The first-order valence-electron chi connectivity index (χ1n) is 3.60. The summed E-state index contributed by atoms with van der Waals surface area (Å²) in [5.74, 6) is 0. The molecule has 2 aromatic heterocycles. The molecular formula is C9H9N2. The fraction of sp³-hybridized carbons (Fsp3) is 0.222. The molecule has 0 aliphatic carbocycles. The predicted molar refractivity (Wildman–Crippen MR) is 43.5 cm³/mol. The molecule has 2 rings (SSSR count). The van der Waals surface area contributed by atoms with Gasteiger partial charge in [0.25, 0.3) is 0 Å². The zero-order valence-electron chi connectivity index (χ0n) is 6.63. The van der Waals surface area contributed by atoms with E-state index in [1.54, 1.807) is 6.20 Å². The van der Waals surface area contributed by atoms with Gasteiger partial charge in [-0.3, -0.25) is 0 Å². The fourth-order valence-electron chi connectivity index (χ4n) is 1.09. The second-order valence-electron chi connectivity index (χ2n) is 2.72. The highest BCUT2D eigenvalue weighted by atomic mass is 15.2. The van der Waals surface area contributed by atoms with E-state index in [0.717, 1.165) is 5.52 Å². The van der Waals surface area contributed by atoms with Crippen LogP contribution in [0.1, 0.15) is 11.1 Å². The molecule has 0 spiro atoms. The van der Waals surface area contributed by atoms with Gasteiger partial charge < -0.3 is 0 Å². The van der Waals surface area contributed by atoms with E-state index >= 15 is 0 Å². The molecule has 0 aliphatic rings. The van der Waals surface area contributed by atoms with Crippen LogP contribution in [0.3, 0.4) is 0 Å². The summed E-state index contributed by atoms with van der Waals surface area (Å²) in [5, 5.41) is 4.11. The van der Waals surface area contributed by atoms with E-state index in [-0.39, 0.29) is 0 Å². The summed E-state index contributed by atoms with van der Waals surface area (Å²) in [6, 6.07) is 5.19. The second kappa shape index (κ2) is 2.09. The molecular weight excluding hydrogens is 136 g/mol. The van der Waals surface area contributed by atoms with Gasteiger partial charge in [-0.1, -0.05) is 0 Å². The SMILES string of the molecule is Cc1[c]c2ccnn2cc1C. The molecule has 55 valence electrons. The standard InChI is InChI=1S/C9H9N2/c1-7-5-9-3-4-10-11(9)6-8(7)2/h3-4,6H,1-2H3. The average molecular weight is 145 g/mol. The Kier molecular flexibility index (Phi) is 1.22. The van der Waals surface area contributed by atoms with E-state index in [9.17, 15) is 0 Å². The van der Waals surface area contributed by atoms with Crippen LogP contribution in [0.5, 0.6) is 0 Å². The first kappa shape index (κ1) is 6.40. The quantitative estimate of drug-likeness (QED) is 0.552. The normalized spacial score (nSPS) is 10.7. The molecule has 0 saturated heterocycles. The summed E-state index contributed by atoms with van der Waals surface area (Å²) in [7, 11) is 0. The Morgan fingerprint density at radius 1 is 1.45 bits per heavy atom. The molecule has 0 saturated carbocycles. The molecule has 0 N–H and O–H groups in total. The van der Waals surface area contributed by atoms with Gasteiger partial charge in [0.1, 0.15) is 0 Å². The minimum absolute atomic E-state index is 1.04. The number of aryl methyl sites for hydroxylation is 2. The van der Waals surface area contributed by atoms with Crippen molar-refractivity contribution in [2.75, 3.05) is 0 Å². The lowest BCUT2D eigenvalue weighted by Gasteiger charge is -1.98. The van der Waals surface area contributed by atoms with Gasteiger partial charge in [-0.05, 0) is 31.0 Å². The van der Waals surface area contributed by atoms with Crippen LogP contribution in [-0.2, 0) is 0 Å². The number of rotatable bonds is 0. The maximum Gasteiger partial charge on any atom is 0.0743 e. The Morgan fingerprint density at radius 2 is 2.27 bits per heavy atom. The smallest absolute Gasteiger partial charge is 0.0743 e. The van der Waals surface area contributed by atoms with Crippen LogP contribution >= 0.6 is 0 Å². The van der Waals surface area contributed by atoms with Gasteiger partial charge in [0.2, 0.25) is 0 Å². The van der Waals surface area contributed by atoms with Crippen LogP contribution in [0.2, 0.25) is 0 Å². The van der Waals surface area contributed by atoms with Crippen molar-refractivity contribution in [1.82, 2.24) is 9.61 Å². The maximum absolute atomic E-state index is 4.11. The van der Waals surface area contributed by atoms with Crippen LogP contribution in [0.4, 0.5) is 0 Å². The fourth-order valence-corrected chi connectivity index (χ4v) is 1.09. The Labute approximate surface area is 65.5 Å². The molecule has 2 heteroatoms. The molecule has 0 amide bonds. The topological polar surface area (TPSA) is 17.3 Å². The van der Waals surface area contributed by atoms with Crippen LogP contribution in [-0.4, -0.2) is 9.61 Å². The molecule has 0 bridgehead atoms. The summed E-state index contributed by atoms with van der Waals surface area (Å²) in [5.41, 5.74) is 3.45. The number of nitrogens with zero attached hydrogens (tertiary/aromatic N) is 2. The minimum Gasteiger partial charge on any atom is -0.240 e. The third kappa shape index (κ3) is 0.909. The van der Waals surface area contributed by atoms with Crippen molar-refractivity contribution in [3.05, 3.63) is 35.7 Å². The molecule has 0 unspecified atom stereocenters. The van der Waals surface area contributed by atoms with Crippen molar-refractivity contribution in [3.63, 3.8) is 0 Å². The predicted octanol–water partition coefficient (Wildman–Crippen LogP) is 1.75. The monoisotopic (exact) mass is 145 g/mol. The first-order valence-corrected chi connectivity index (χ1v) is 3.60. The van der Waals surface area contributed by atoms with Gasteiger partial charge in [-0.15, -0.1) is 0 Å². The van der Waals surface area contributed by atoms with E-state index in [1.165, 1.54) is 11.1 Å². The van der Waals surface area contributed by atoms with Gasteiger partial charge in [-0.2, -0.15) is 5.10 Å². The van der Waals surface area contributed by atoms with Crippen molar-refractivity contribution in [2.45, 2.75) is 13.8 Å². The summed E-state index contributed by atoms with van der Waals surface area (Å²) in [4.78, 5) is 0.